The molecular weight excluding hydrogens is 398 g/mol. The highest BCUT2D eigenvalue weighted by Gasteiger charge is 2.10. The van der Waals surface area contributed by atoms with E-state index in [9.17, 15) is 4.79 Å². The molecule has 2 N–H and O–H groups in total. The zero-order valence-electron chi connectivity index (χ0n) is 17.9. The lowest BCUT2D eigenvalue weighted by Crippen LogP contribution is -2.22. The molecule has 164 valence electrons. The van der Waals surface area contributed by atoms with E-state index in [1.807, 2.05) is 69.6 Å². The number of rotatable bonds is 8. The van der Waals surface area contributed by atoms with E-state index in [2.05, 4.69) is 15.4 Å². The molecule has 0 spiro atoms. The zero-order chi connectivity index (χ0) is 22.6. The predicted molar refractivity (Wildman–Crippen MR) is 117 cm³/mol. The van der Waals surface area contributed by atoms with Crippen molar-refractivity contribution in [3.8, 4) is 16.9 Å². The van der Waals surface area contributed by atoms with Crippen LogP contribution >= 0.6 is 0 Å². The van der Waals surface area contributed by atoms with E-state index in [0.29, 0.717) is 24.5 Å². The summed E-state index contributed by atoms with van der Waals surface area (Å²) in [5.74, 6) is 1.31. The Morgan fingerprint density at radius 3 is 2.48 bits per heavy atom. The van der Waals surface area contributed by atoms with Crippen LogP contribution in [0.15, 0.2) is 59.1 Å². The van der Waals surface area contributed by atoms with Gasteiger partial charge in [-0.3, -0.25) is 9.59 Å². The van der Waals surface area contributed by atoms with E-state index in [0.717, 1.165) is 29.1 Å². The van der Waals surface area contributed by atoms with E-state index in [4.69, 9.17) is 19.2 Å². The van der Waals surface area contributed by atoms with E-state index in [-0.39, 0.29) is 12.4 Å². The number of aromatic nitrogens is 1. The van der Waals surface area contributed by atoms with Gasteiger partial charge >= 0.3 is 0 Å². The third kappa shape index (κ3) is 7.60. The third-order valence-corrected chi connectivity index (χ3v) is 4.24. The molecule has 8 nitrogen and oxygen atoms in total. The normalized spacial score (nSPS) is 10.2. The van der Waals surface area contributed by atoms with E-state index in [1.54, 1.807) is 6.07 Å². The van der Waals surface area contributed by atoms with Gasteiger partial charge in [-0.15, -0.1) is 0 Å². The quantitative estimate of drug-likeness (QED) is 0.534. The van der Waals surface area contributed by atoms with Gasteiger partial charge in [0.25, 0.3) is 12.4 Å². The van der Waals surface area contributed by atoms with Crippen molar-refractivity contribution >= 4 is 12.4 Å². The second-order valence-electron chi connectivity index (χ2n) is 6.95. The Morgan fingerprint density at radius 2 is 1.87 bits per heavy atom. The summed E-state index contributed by atoms with van der Waals surface area (Å²) in [5, 5.41) is 13.5. The van der Waals surface area contributed by atoms with Gasteiger partial charge < -0.3 is 24.6 Å². The van der Waals surface area contributed by atoms with Gasteiger partial charge in [0, 0.05) is 23.7 Å². The maximum atomic E-state index is 12.3. The number of likely N-dealkylation sites (N-methyl/N-ethyl adjacent to an activating group) is 1. The molecule has 0 aliphatic heterocycles. The maximum absolute atomic E-state index is 12.3. The van der Waals surface area contributed by atoms with Gasteiger partial charge in [0.2, 0.25) is 0 Å². The topological polar surface area (TPSA) is 105 Å². The number of ether oxygens (including phenoxy) is 1. The number of aryl methyl sites for hydroxylation is 1. The van der Waals surface area contributed by atoms with Crippen molar-refractivity contribution < 1.29 is 24.0 Å². The number of carboxylic acid groups (broad SMARTS) is 1. The molecule has 0 bridgehead atoms. The van der Waals surface area contributed by atoms with Crippen LogP contribution in [-0.4, -0.2) is 54.8 Å². The highest BCUT2D eigenvalue weighted by Crippen LogP contribution is 2.30. The molecule has 0 aliphatic rings. The Morgan fingerprint density at radius 1 is 1.19 bits per heavy atom. The SMILES string of the molecule is Cc1cc(CNC(=O)c2ccc(-c3ccccc3OCCN(C)C)cc2)on1.O=CO. The average molecular weight is 425 g/mol. The second kappa shape index (κ2) is 12.1. The lowest BCUT2D eigenvalue weighted by atomic mass is 10.0. The van der Waals surface area contributed by atoms with Crippen molar-refractivity contribution in [3.05, 3.63) is 71.6 Å². The first-order valence-electron chi connectivity index (χ1n) is 9.69. The number of para-hydroxylation sites is 1. The van der Waals surface area contributed by atoms with Crippen molar-refractivity contribution in [2.45, 2.75) is 13.5 Å². The molecule has 1 heterocycles. The molecular formula is C23H27N3O5. The van der Waals surface area contributed by atoms with Gasteiger partial charge in [0.1, 0.15) is 12.4 Å². The Hall–Kier alpha value is -3.65. The molecule has 3 rings (SSSR count). The van der Waals surface area contributed by atoms with Crippen LogP contribution in [0.1, 0.15) is 21.8 Å². The minimum Gasteiger partial charge on any atom is -0.492 e. The van der Waals surface area contributed by atoms with Crippen molar-refractivity contribution in [3.63, 3.8) is 0 Å². The summed E-state index contributed by atoms with van der Waals surface area (Å²) in [4.78, 5) is 22.8. The molecule has 1 aromatic heterocycles. The molecule has 2 aromatic carbocycles. The molecule has 3 aromatic rings. The van der Waals surface area contributed by atoms with Crippen LogP contribution in [0.3, 0.4) is 0 Å². The summed E-state index contributed by atoms with van der Waals surface area (Å²) < 4.78 is 11.0. The fourth-order valence-electron chi connectivity index (χ4n) is 2.74. The number of nitrogens with one attached hydrogen (secondary N) is 1. The lowest BCUT2D eigenvalue weighted by Gasteiger charge is -2.14. The van der Waals surface area contributed by atoms with Gasteiger partial charge in [-0.05, 0) is 44.8 Å². The summed E-state index contributed by atoms with van der Waals surface area (Å²) in [6.07, 6.45) is 0. The summed E-state index contributed by atoms with van der Waals surface area (Å²) in [6, 6.07) is 17.2. The van der Waals surface area contributed by atoms with Crippen LogP contribution in [-0.2, 0) is 11.3 Å². The molecule has 8 heteroatoms. The summed E-state index contributed by atoms with van der Waals surface area (Å²) in [6.45, 7) is 3.36. The second-order valence-corrected chi connectivity index (χ2v) is 6.95. The van der Waals surface area contributed by atoms with E-state index < -0.39 is 0 Å². The van der Waals surface area contributed by atoms with Gasteiger partial charge in [-0.25, -0.2) is 0 Å². The molecule has 0 saturated heterocycles. The van der Waals surface area contributed by atoms with Crippen molar-refractivity contribution in [1.82, 2.24) is 15.4 Å². The number of benzene rings is 2. The molecule has 0 saturated carbocycles. The van der Waals surface area contributed by atoms with Gasteiger partial charge in [-0.1, -0.05) is 35.5 Å². The number of hydrogen-bond acceptors (Lipinski definition) is 6. The molecule has 0 radical (unpaired) electrons. The van der Waals surface area contributed by atoms with Gasteiger partial charge in [0.05, 0.1) is 12.2 Å². The zero-order valence-corrected chi connectivity index (χ0v) is 17.9. The number of carbonyl (C=O) groups excluding carboxylic acids is 1. The Bertz CT molecular complexity index is 967. The monoisotopic (exact) mass is 425 g/mol. The molecule has 0 aliphatic carbocycles. The smallest absolute Gasteiger partial charge is 0.290 e. The standard InChI is InChI=1S/C22H25N3O3.CH2O2/c1-16-14-19(28-24-16)15-23-22(26)18-10-8-17(9-11-18)20-6-4-5-7-21(20)27-13-12-25(2)3;2-1-3/h4-11,14H,12-13,15H2,1-3H3,(H,23,26);1H,(H,2,3). The summed E-state index contributed by atoms with van der Waals surface area (Å²) in [7, 11) is 4.03. The van der Waals surface area contributed by atoms with Crippen LogP contribution in [0, 0.1) is 6.92 Å². The maximum Gasteiger partial charge on any atom is 0.290 e. The summed E-state index contributed by atoms with van der Waals surface area (Å²) >= 11 is 0. The number of carbonyl (C=O) groups is 2. The fourth-order valence-corrected chi connectivity index (χ4v) is 2.74. The molecule has 0 atom stereocenters. The molecule has 0 fully saturated rings. The first-order chi connectivity index (χ1) is 14.9. The Labute approximate surface area is 181 Å². The van der Waals surface area contributed by atoms with Crippen LogP contribution < -0.4 is 10.1 Å². The molecule has 0 unspecified atom stereocenters. The minimum atomic E-state index is -0.250. The van der Waals surface area contributed by atoms with Gasteiger partial charge in [0.15, 0.2) is 5.76 Å². The average Bonchev–Trinajstić information content (AvgIpc) is 3.18. The first kappa shape index (κ1) is 23.6. The Balaban J connectivity index is 0.00000107. The highest BCUT2D eigenvalue weighted by atomic mass is 16.5. The number of hydrogen-bond donors (Lipinski definition) is 2. The van der Waals surface area contributed by atoms with Crippen molar-refractivity contribution in [2.24, 2.45) is 0 Å². The summed E-state index contributed by atoms with van der Waals surface area (Å²) in [5.41, 5.74) is 3.39. The van der Waals surface area contributed by atoms with Crippen LogP contribution in [0.4, 0.5) is 0 Å². The molecule has 31 heavy (non-hydrogen) atoms. The van der Waals surface area contributed by atoms with E-state index in [1.165, 1.54) is 0 Å². The van der Waals surface area contributed by atoms with Crippen LogP contribution in [0.2, 0.25) is 0 Å². The van der Waals surface area contributed by atoms with Crippen LogP contribution in [0.5, 0.6) is 5.75 Å². The number of nitrogens with zero attached hydrogens (tertiary/aromatic N) is 2. The van der Waals surface area contributed by atoms with Crippen molar-refractivity contribution in [2.75, 3.05) is 27.2 Å². The fraction of sp³-hybridized carbons (Fsp3) is 0.261. The van der Waals surface area contributed by atoms with Gasteiger partial charge in [-0.2, -0.15) is 0 Å². The Kier molecular flexibility index (Phi) is 9.25. The predicted octanol–water partition coefficient (Wildman–Crippen LogP) is 3.22. The van der Waals surface area contributed by atoms with Crippen LogP contribution in [0.25, 0.3) is 11.1 Å². The van der Waals surface area contributed by atoms with Crippen molar-refractivity contribution in [1.29, 1.82) is 0 Å². The minimum absolute atomic E-state index is 0.156. The first-order valence-corrected chi connectivity index (χ1v) is 9.69. The lowest BCUT2D eigenvalue weighted by molar-refractivity contribution is -0.122. The largest absolute Gasteiger partial charge is 0.492 e. The highest BCUT2D eigenvalue weighted by molar-refractivity contribution is 5.94. The number of amides is 1. The molecule has 1 amide bonds. The van der Waals surface area contributed by atoms with E-state index >= 15 is 0 Å². The third-order valence-electron chi connectivity index (χ3n) is 4.24.